The average Bonchev–Trinajstić information content (AvgIpc) is 2.82. The van der Waals surface area contributed by atoms with Gasteiger partial charge in [-0.2, -0.15) is 0 Å². The largest absolute Gasteiger partial charge is 0.321 e. The molecule has 0 radical (unpaired) electrons. The molecule has 110 valence electrons. The SMILES string of the molecule is Cc1nc2c(n1C(C)C(=O)c1ccc(Br)cc1)CCCC2. The van der Waals surface area contributed by atoms with Crippen molar-refractivity contribution < 1.29 is 4.79 Å². The van der Waals surface area contributed by atoms with Gasteiger partial charge in [0, 0.05) is 15.7 Å². The van der Waals surface area contributed by atoms with E-state index in [9.17, 15) is 4.79 Å². The molecule has 0 spiro atoms. The lowest BCUT2D eigenvalue weighted by Gasteiger charge is -2.20. The number of halogens is 1. The van der Waals surface area contributed by atoms with Crippen LogP contribution in [0.2, 0.25) is 0 Å². The van der Waals surface area contributed by atoms with Crippen molar-refractivity contribution in [2.75, 3.05) is 0 Å². The van der Waals surface area contributed by atoms with E-state index in [2.05, 4.69) is 25.5 Å². The fourth-order valence-corrected chi connectivity index (χ4v) is 3.45. The second-order valence-corrected chi connectivity index (χ2v) is 6.59. The lowest BCUT2D eigenvalue weighted by Crippen LogP contribution is -2.21. The second-order valence-electron chi connectivity index (χ2n) is 5.68. The molecule has 1 aliphatic rings. The fraction of sp³-hybridized carbons (Fsp3) is 0.412. The van der Waals surface area contributed by atoms with Crippen LogP contribution in [0.1, 0.15) is 53.4 Å². The molecule has 1 atom stereocenters. The summed E-state index contributed by atoms with van der Waals surface area (Å²) in [5.74, 6) is 1.11. The van der Waals surface area contributed by atoms with Gasteiger partial charge in [0.2, 0.25) is 0 Å². The summed E-state index contributed by atoms with van der Waals surface area (Å²) in [7, 11) is 0. The van der Waals surface area contributed by atoms with Crippen LogP contribution >= 0.6 is 15.9 Å². The Morgan fingerprint density at radius 3 is 2.62 bits per heavy atom. The predicted octanol–water partition coefficient (Wildman–Crippen LogP) is 4.28. The van der Waals surface area contributed by atoms with Crippen LogP contribution in [0, 0.1) is 6.92 Å². The molecule has 0 fully saturated rings. The van der Waals surface area contributed by atoms with Crippen molar-refractivity contribution in [3.63, 3.8) is 0 Å². The lowest BCUT2D eigenvalue weighted by atomic mass is 9.99. The van der Waals surface area contributed by atoms with Gasteiger partial charge in [0.05, 0.1) is 11.7 Å². The maximum atomic E-state index is 12.7. The third-order valence-corrected chi connectivity index (χ3v) is 4.77. The third-order valence-electron chi connectivity index (χ3n) is 4.24. The molecule has 0 amide bonds. The summed E-state index contributed by atoms with van der Waals surface area (Å²) in [6.07, 6.45) is 4.48. The topological polar surface area (TPSA) is 34.9 Å². The summed E-state index contributed by atoms with van der Waals surface area (Å²) in [4.78, 5) is 17.4. The Bertz CT molecular complexity index is 673. The number of aryl methyl sites for hydroxylation is 2. The molecule has 0 aliphatic heterocycles. The maximum absolute atomic E-state index is 12.7. The first-order valence-electron chi connectivity index (χ1n) is 7.44. The molecule has 1 aliphatic carbocycles. The van der Waals surface area contributed by atoms with Crippen molar-refractivity contribution in [3.8, 4) is 0 Å². The Morgan fingerprint density at radius 1 is 1.24 bits per heavy atom. The number of Topliss-reactive ketones (excluding diaryl/α,β-unsaturated/α-hetero) is 1. The highest BCUT2D eigenvalue weighted by atomic mass is 79.9. The maximum Gasteiger partial charge on any atom is 0.185 e. The van der Waals surface area contributed by atoms with Crippen LogP contribution in [0.3, 0.4) is 0 Å². The summed E-state index contributed by atoms with van der Waals surface area (Å²) < 4.78 is 3.13. The van der Waals surface area contributed by atoms with E-state index in [1.165, 1.54) is 24.2 Å². The Hall–Kier alpha value is -1.42. The molecule has 1 aromatic heterocycles. The van der Waals surface area contributed by atoms with Gasteiger partial charge in [-0.3, -0.25) is 4.79 Å². The van der Waals surface area contributed by atoms with Crippen LogP contribution < -0.4 is 0 Å². The Morgan fingerprint density at radius 2 is 1.90 bits per heavy atom. The number of imidazole rings is 1. The molecule has 1 aromatic carbocycles. The fourth-order valence-electron chi connectivity index (χ4n) is 3.18. The van der Waals surface area contributed by atoms with Gasteiger partial charge in [0.15, 0.2) is 5.78 Å². The number of hydrogen-bond acceptors (Lipinski definition) is 2. The first kappa shape index (κ1) is 14.5. The monoisotopic (exact) mass is 346 g/mol. The number of aromatic nitrogens is 2. The van der Waals surface area contributed by atoms with E-state index in [4.69, 9.17) is 0 Å². The number of nitrogens with zero attached hydrogens (tertiary/aromatic N) is 2. The Kier molecular flexibility index (Phi) is 3.98. The number of hydrogen-bond donors (Lipinski definition) is 0. The van der Waals surface area contributed by atoms with Crippen LogP contribution in [0.15, 0.2) is 28.7 Å². The Labute approximate surface area is 133 Å². The van der Waals surface area contributed by atoms with Crippen LogP contribution in [0.5, 0.6) is 0 Å². The molecule has 0 saturated carbocycles. The van der Waals surface area contributed by atoms with Crippen LogP contribution in [-0.2, 0) is 12.8 Å². The molecule has 3 rings (SSSR count). The van der Waals surface area contributed by atoms with Crippen molar-refractivity contribution in [1.82, 2.24) is 9.55 Å². The predicted molar refractivity (Wildman–Crippen MR) is 86.8 cm³/mol. The highest BCUT2D eigenvalue weighted by Gasteiger charge is 2.25. The molecule has 2 aromatic rings. The van der Waals surface area contributed by atoms with E-state index in [0.717, 1.165) is 28.7 Å². The second kappa shape index (κ2) is 5.76. The van der Waals surface area contributed by atoms with E-state index in [1.54, 1.807) is 0 Å². The zero-order chi connectivity index (χ0) is 15.0. The summed E-state index contributed by atoms with van der Waals surface area (Å²) in [5, 5.41) is 0. The summed E-state index contributed by atoms with van der Waals surface area (Å²) in [5.41, 5.74) is 3.20. The van der Waals surface area contributed by atoms with E-state index in [0.29, 0.717) is 0 Å². The van der Waals surface area contributed by atoms with Crippen LogP contribution in [0.4, 0.5) is 0 Å². The van der Waals surface area contributed by atoms with Crippen molar-refractivity contribution >= 4 is 21.7 Å². The zero-order valence-corrected chi connectivity index (χ0v) is 14.0. The van der Waals surface area contributed by atoms with Crippen molar-refractivity contribution in [2.24, 2.45) is 0 Å². The number of benzene rings is 1. The van der Waals surface area contributed by atoms with Crippen molar-refractivity contribution in [2.45, 2.75) is 45.6 Å². The highest BCUT2D eigenvalue weighted by Crippen LogP contribution is 2.27. The quantitative estimate of drug-likeness (QED) is 0.777. The smallest absolute Gasteiger partial charge is 0.185 e. The van der Waals surface area contributed by atoms with Crippen molar-refractivity contribution in [3.05, 3.63) is 51.5 Å². The normalized spacial score (nSPS) is 15.6. The molecule has 1 heterocycles. The zero-order valence-electron chi connectivity index (χ0n) is 12.4. The standard InChI is InChI=1S/C17H19BrN2O/c1-11(17(21)13-7-9-14(18)10-8-13)20-12(2)19-15-5-3-4-6-16(15)20/h7-11H,3-6H2,1-2H3. The average molecular weight is 347 g/mol. The number of carbonyl (C=O) groups excluding carboxylic acids is 1. The Balaban J connectivity index is 1.95. The van der Waals surface area contributed by atoms with Gasteiger partial charge in [-0.15, -0.1) is 0 Å². The highest BCUT2D eigenvalue weighted by molar-refractivity contribution is 9.10. The number of rotatable bonds is 3. The molecular formula is C17H19BrN2O. The summed E-state index contributed by atoms with van der Waals surface area (Å²) in [6.45, 7) is 3.98. The van der Waals surface area contributed by atoms with Gasteiger partial charge in [-0.1, -0.05) is 28.1 Å². The molecule has 0 bridgehead atoms. The first-order valence-corrected chi connectivity index (χ1v) is 8.23. The van der Waals surface area contributed by atoms with Gasteiger partial charge in [0.1, 0.15) is 5.82 Å². The van der Waals surface area contributed by atoms with E-state index >= 15 is 0 Å². The number of carbonyl (C=O) groups is 1. The van der Waals surface area contributed by atoms with Gasteiger partial charge >= 0.3 is 0 Å². The number of ketones is 1. The molecule has 3 nitrogen and oxygen atoms in total. The van der Waals surface area contributed by atoms with Gasteiger partial charge in [0.25, 0.3) is 0 Å². The number of fused-ring (bicyclic) bond motifs is 1. The summed E-state index contributed by atoms with van der Waals surface area (Å²) in [6, 6.07) is 7.39. The van der Waals surface area contributed by atoms with E-state index in [1.807, 2.05) is 38.1 Å². The minimum atomic E-state index is -0.194. The molecule has 1 unspecified atom stereocenters. The lowest BCUT2D eigenvalue weighted by molar-refractivity contribution is 0.0932. The van der Waals surface area contributed by atoms with Gasteiger partial charge < -0.3 is 4.57 Å². The molecular weight excluding hydrogens is 328 g/mol. The van der Waals surface area contributed by atoms with E-state index < -0.39 is 0 Å². The van der Waals surface area contributed by atoms with E-state index in [-0.39, 0.29) is 11.8 Å². The third kappa shape index (κ3) is 2.69. The summed E-state index contributed by atoms with van der Waals surface area (Å²) >= 11 is 3.40. The molecule has 4 heteroatoms. The minimum Gasteiger partial charge on any atom is -0.321 e. The minimum absolute atomic E-state index is 0.149. The van der Waals surface area contributed by atoms with Crippen LogP contribution in [0.25, 0.3) is 0 Å². The first-order chi connectivity index (χ1) is 10.1. The van der Waals surface area contributed by atoms with Crippen LogP contribution in [-0.4, -0.2) is 15.3 Å². The van der Waals surface area contributed by atoms with Crippen molar-refractivity contribution in [1.29, 1.82) is 0 Å². The molecule has 21 heavy (non-hydrogen) atoms. The van der Waals surface area contributed by atoms with Gasteiger partial charge in [-0.25, -0.2) is 4.98 Å². The molecule has 0 N–H and O–H groups in total. The van der Waals surface area contributed by atoms with Gasteiger partial charge in [-0.05, 0) is 51.7 Å². The molecule has 0 saturated heterocycles.